The van der Waals surface area contributed by atoms with Gasteiger partial charge in [0.25, 0.3) is 0 Å². The molecule has 21 heavy (non-hydrogen) atoms. The second-order valence-electron chi connectivity index (χ2n) is 4.68. The zero-order valence-corrected chi connectivity index (χ0v) is 14.9. The van der Waals surface area contributed by atoms with Crippen LogP contribution in [-0.2, 0) is 11.3 Å². The van der Waals surface area contributed by atoms with E-state index in [-0.39, 0.29) is 36.0 Å². The molecule has 108 valence electrons. The number of aromatic nitrogens is 1. The number of carbonyl (C=O) groups excluding carboxylic acids is 1. The Balaban J connectivity index is 0.00000220. The number of benzene rings is 1. The third-order valence-electron chi connectivity index (χ3n) is 3.38. The van der Waals surface area contributed by atoms with Crippen LogP contribution in [0.2, 0.25) is 0 Å². The van der Waals surface area contributed by atoms with Gasteiger partial charge in [0.15, 0.2) is 0 Å². The quantitative estimate of drug-likeness (QED) is 0.609. The molecule has 0 N–H and O–H groups in total. The summed E-state index contributed by atoms with van der Waals surface area (Å²) in [5.74, 6) is 0.448. The van der Waals surface area contributed by atoms with Gasteiger partial charge in [0.1, 0.15) is 11.5 Å². The number of carboxylic acid groups (broad SMARTS) is 1. The van der Waals surface area contributed by atoms with Gasteiger partial charge in [-0.25, -0.2) is 0 Å². The standard InChI is InChI=1S/C15H19NO4.Na/c1-10-7-12-13(16(10)6-4-5-15(17)18)8-11(19-2)9-14(12)20-3;/h7-9H,4-6H2,1-3H3,(H,17,18);/q;+1/p-1. The third-order valence-corrected chi connectivity index (χ3v) is 3.38. The number of nitrogens with zero attached hydrogens (tertiary/aromatic N) is 1. The molecule has 1 aromatic carbocycles. The molecule has 6 heteroatoms. The van der Waals surface area contributed by atoms with Gasteiger partial charge in [0.05, 0.1) is 19.7 Å². The zero-order chi connectivity index (χ0) is 14.7. The Hall–Kier alpha value is -1.17. The summed E-state index contributed by atoms with van der Waals surface area (Å²) in [6.07, 6.45) is 0.590. The molecule has 0 aliphatic heterocycles. The fourth-order valence-electron chi connectivity index (χ4n) is 2.40. The van der Waals surface area contributed by atoms with Crippen molar-refractivity contribution in [1.29, 1.82) is 0 Å². The molecule has 0 fully saturated rings. The van der Waals surface area contributed by atoms with Crippen LogP contribution in [0.15, 0.2) is 18.2 Å². The van der Waals surface area contributed by atoms with Gasteiger partial charge in [0.2, 0.25) is 0 Å². The van der Waals surface area contributed by atoms with E-state index in [1.165, 1.54) is 0 Å². The Kier molecular flexibility index (Phi) is 6.58. The summed E-state index contributed by atoms with van der Waals surface area (Å²) in [6, 6.07) is 5.81. The molecule has 0 unspecified atom stereocenters. The van der Waals surface area contributed by atoms with Gasteiger partial charge in [-0.3, -0.25) is 0 Å². The molecule has 1 aromatic heterocycles. The van der Waals surface area contributed by atoms with E-state index in [2.05, 4.69) is 4.57 Å². The largest absolute Gasteiger partial charge is 1.00 e. The van der Waals surface area contributed by atoms with E-state index in [1.807, 2.05) is 25.1 Å². The second-order valence-corrected chi connectivity index (χ2v) is 4.68. The number of hydrogen-bond donors (Lipinski definition) is 0. The topological polar surface area (TPSA) is 63.5 Å². The van der Waals surface area contributed by atoms with Crippen molar-refractivity contribution in [3.63, 3.8) is 0 Å². The van der Waals surface area contributed by atoms with Crippen molar-refractivity contribution in [3.8, 4) is 11.5 Å². The summed E-state index contributed by atoms with van der Waals surface area (Å²) in [6.45, 7) is 2.62. The first kappa shape index (κ1) is 17.9. The number of rotatable bonds is 6. The Morgan fingerprint density at radius 3 is 2.52 bits per heavy atom. The van der Waals surface area contributed by atoms with E-state index in [4.69, 9.17) is 9.47 Å². The number of fused-ring (bicyclic) bond motifs is 1. The molecule has 2 aromatic rings. The van der Waals surface area contributed by atoms with Gasteiger partial charge in [0, 0.05) is 35.7 Å². The Bertz CT molecular complexity index is 636. The van der Waals surface area contributed by atoms with Crippen LogP contribution in [0.1, 0.15) is 18.5 Å². The molecule has 0 spiro atoms. The van der Waals surface area contributed by atoms with Crippen LogP contribution in [0.5, 0.6) is 11.5 Å². The maximum Gasteiger partial charge on any atom is 1.00 e. The number of hydrogen-bond acceptors (Lipinski definition) is 4. The molecule has 0 aliphatic carbocycles. The van der Waals surface area contributed by atoms with Crippen LogP contribution in [0.3, 0.4) is 0 Å². The Labute approximate surface area is 146 Å². The van der Waals surface area contributed by atoms with Gasteiger partial charge in [-0.05, 0) is 25.8 Å². The van der Waals surface area contributed by atoms with E-state index >= 15 is 0 Å². The second kappa shape index (κ2) is 7.73. The molecule has 0 amide bonds. The van der Waals surface area contributed by atoms with Gasteiger partial charge in [-0.2, -0.15) is 0 Å². The first-order valence-electron chi connectivity index (χ1n) is 6.48. The number of methoxy groups -OCH3 is 2. The molecule has 0 atom stereocenters. The maximum atomic E-state index is 10.5. The molecule has 2 rings (SSSR count). The Morgan fingerprint density at radius 2 is 1.95 bits per heavy atom. The normalized spacial score (nSPS) is 10.2. The number of ether oxygens (including phenoxy) is 2. The molecule has 0 radical (unpaired) electrons. The molecule has 5 nitrogen and oxygen atoms in total. The van der Waals surface area contributed by atoms with Crippen LogP contribution in [-0.4, -0.2) is 24.8 Å². The fourth-order valence-corrected chi connectivity index (χ4v) is 2.40. The van der Waals surface area contributed by atoms with Gasteiger partial charge in [-0.1, -0.05) is 0 Å². The van der Waals surface area contributed by atoms with Crippen molar-refractivity contribution in [2.75, 3.05) is 14.2 Å². The van der Waals surface area contributed by atoms with Crippen molar-refractivity contribution < 1.29 is 48.9 Å². The third kappa shape index (κ3) is 3.93. The summed E-state index contributed by atoms with van der Waals surface area (Å²) in [7, 11) is 3.23. The minimum Gasteiger partial charge on any atom is -0.550 e. The smallest absolute Gasteiger partial charge is 0.550 e. The van der Waals surface area contributed by atoms with E-state index in [0.29, 0.717) is 18.7 Å². The monoisotopic (exact) mass is 299 g/mol. The van der Waals surface area contributed by atoms with Crippen LogP contribution in [0.4, 0.5) is 0 Å². The zero-order valence-electron chi connectivity index (χ0n) is 12.9. The van der Waals surface area contributed by atoms with Crippen molar-refractivity contribution in [1.82, 2.24) is 4.57 Å². The molecule has 0 saturated heterocycles. The van der Waals surface area contributed by atoms with E-state index in [0.717, 1.165) is 22.3 Å². The van der Waals surface area contributed by atoms with Crippen molar-refractivity contribution in [2.24, 2.45) is 0 Å². The minimum absolute atomic E-state index is 0. The first-order valence-corrected chi connectivity index (χ1v) is 6.48. The van der Waals surface area contributed by atoms with Crippen molar-refractivity contribution in [2.45, 2.75) is 26.3 Å². The van der Waals surface area contributed by atoms with Crippen LogP contribution < -0.4 is 44.1 Å². The molecular formula is C15H18NNaO4. The fraction of sp³-hybridized carbons (Fsp3) is 0.400. The van der Waals surface area contributed by atoms with E-state index in [9.17, 15) is 9.90 Å². The Morgan fingerprint density at radius 1 is 1.24 bits per heavy atom. The van der Waals surface area contributed by atoms with Gasteiger partial charge in [-0.15, -0.1) is 0 Å². The number of carbonyl (C=O) groups is 1. The van der Waals surface area contributed by atoms with E-state index in [1.54, 1.807) is 14.2 Å². The summed E-state index contributed by atoms with van der Waals surface area (Å²) < 4.78 is 12.7. The predicted octanol–water partition coefficient (Wildman–Crippen LogP) is -1.50. The van der Waals surface area contributed by atoms with Crippen molar-refractivity contribution in [3.05, 3.63) is 23.9 Å². The molecular weight excluding hydrogens is 281 g/mol. The summed E-state index contributed by atoms with van der Waals surface area (Å²) >= 11 is 0. The maximum absolute atomic E-state index is 10.5. The molecule has 0 saturated carbocycles. The van der Waals surface area contributed by atoms with Crippen molar-refractivity contribution >= 4 is 16.9 Å². The minimum atomic E-state index is -1.02. The van der Waals surface area contributed by atoms with E-state index < -0.39 is 5.97 Å². The number of aryl methyl sites for hydroxylation is 2. The SMILES string of the molecule is COc1cc(OC)c2cc(C)n(CCCC(=O)[O-])c2c1.[Na+]. The van der Waals surface area contributed by atoms with Gasteiger partial charge < -0.3 is 23.9 Å². The summed E-state index contributed by atoms with van der Waals surface area (Å²) in [4.78, 5) is 10.5. The molecule has 1 heterocycles. The summed E-state index contributed by atoms with van der Waals surface area (Å²) in [5.41, 5.74) is 2.04. The molecule has 0 bridgehead atoms. The average molecular weight is 299 g/mol. The van der Waals surface area contributed by atoms with Gasteiger partial charge >= 0.3 is 29.6 Å². The number of carboxylic acids is 1. The summed E-state index contributed by atoms with van der Waals surface area (Å²) in [5, 5.41) is 11.5. The van der Waals surface area contributed by atoms with Crippen LogP contribution >= 0.6 is 0 Å². The first-order chi connectivity index (χ1) is 9.56. The average Bonchev–Trinajstić information content (AvgIpc) is 2.73. The van der Waals surface area contributed by atoms with Crippen LogP contribution in [0, 0.1) is 6.92 Å². The number of aliphatic carboxylic acids is 1. The predicted molar refractivity (Wildman–Crippen MR) is 74.0 cm³/mol. The molecule has 0 aliphatic rings. The van der Waals surface area contributed by atoms with Crippen LogP contribution in [0.25, 0.3) is 10.9 Å².